The van der Waals surface area contributed by atoms with Gasteiger partial charge in [-0.1, -0.05) is 12.1 Å². The maximum absolute atomic E-state index is 14.0. The van der Waals surface area contributed by atoms with Crippen molar-refractivity contribution in [1.82, 2.24) is 15.0 Å². The van der Waals surface area contributed by atoms with E-state index in [4.69, 9.17) is 10.6 Å². The Morgan fingerprint density at radius 3 is 2.62 bits per heavy atom. The molecule has 2 rings (SSSR count). The third kappa shape index (κ3) is 3.34. The molecule has 0 saturated carbocycles. The van der Waals surface area contributed by atoms with E-state index in [2.05, 4.69) is 20.4 Å². The number of rotatable bonds is 6. The molecule has 0 aliphatic carbocycles. The maximum atomic E-state index is 14.0. The van der Waals surface area contributed by atoms with Crippen molar-refractivity contribution in [2.75, 3.05) is 23.5 Å². The molecule has 0 radical (unpaired) electrons. The van der Waals surface area contributed by atoms with Crippen molar-refractivity contribution in [3.05, 3.63) is 30.1 Å². The number of nitrogens with zero attached hydrogens (tertiary/aromatic N) is 4. The Morgan fingerprint density at radius 1 is 1.24 bits per heavy atom. The number of nitrogen functional groups attached to an aromatic ring is 1. The van der Waals surface area contributed by atoms with Crippen LogP contribution < -0.4 is 20.9 Å². The summed E-state index contributed by atoms with van der Waals surface area (Å²) in [6.07, 6.45) is 0. The lowest BCUT2D eigenvalue weighted by atomic mass is 10.3. The Kier molecular flexibility index (Phi) is 4.83. The molecule has 7 nitrogen and oxygen atoms in total. The minimum Gasteiger partial charge on any atom is -0.464 e. The molecule has 0 aliphatic heterocycles. The lowest BCUT2D eigenvalue weighted by Gasteiger charge is -2.21. The van der Waals surface area contributed by atoms with E-state index in [0.717, 1.165) is 0 Å². The number of hydrogen-bond acceptors (Lipinski definition) is 7. The van der Waals surface area contributed by atoms with Crippen LogP contribution in [0.25, 0.3) is 0 Å². The molecule has 0 aliphatic rings. The Labute approximate surface area is 122 Å². The molecule has 0 unspecified atom stereocenters. The Balaban J connectivity index is 2.46. The van der Waals surface area contributed by atoms with Gasteiger partial charge in [-0.3, -0.25) is 5.43 Å². The fourth-order valence-corrected chi connectivity index (χ4v) is 1.81. The van der Waals surface area contributed by atoms with Crippen LogP contribution in [-0.4, -0.2) is 28.1 Å². The molecule has 112 valence electrons. The summed E-state index contributed by atoms with van der Waals surface area (Å²) in [4.78, 5) is 13.9. The van der Waals surface area contributed by atoms with Gasteiger partial charge >= 0.3 is 6.01 Å². The topological polar surface area (TPSA) is 89.2 Å². The highest BCUT2D eigenvalue weighted by molar-refractivity contribution is 5.58. The first-order chi connectivity index (χ1) is 10.2. The fourth-order valence-electron chi connectivity index (χ4n) is 1.81. The second-order valence-electron chi connectivity index (χ2n) is 4.01. The SMILES string of the molecule is CCOc1nc(NN)nc(N(CC)c2ccccc2F)n1. The number of hydrazine groups is 1. The van der Waals surface area contributed by atoms with E-state index < -0.39 is 0 Å². The van der Waals surface area contributed by atoms with Gasteiger partial charge in [0.15, 0.2) is 0 Å². The number of nitrogens with one attached hydrogen (secondary N) is 1. The van der Waals surface area contributed by atoms with Crippen LogP contribution in [0.3, 0.4) is 0 Å². The van der Waals surface area contributed by atoms with Crippen LogP contribution in [0.5, 0.6) is 6.01 Å². The van der Waals surface area contributed by atoms with Gasteiger partial charge in [-0.2, -0.15) is 15.0 Å². The molecule has 0 fully saturated rings. The monoisotopic (exact) mass is 292 g/mol. The van der Waals surface area contributed by atoms with Gasteiger partial charge in [0.25, 0.3) is 0 Å². The first-order valence-corrected chi connectivity index (χ1v) is 6.57. The number of anilines is 3. The number of halogens is 1. The molecule has 1 aromatic heterocycles. The first kappa shape index (κ1) is 14.9. The van der Waals surface area contributed by atoms with E-state index >= 15 is 0 Å². The first-order valence-electron chi connectivity index (χ1n) is 6.57. The van der Waals surface area contributed by atoms with Crippen molar-refractivity contribution < 1.29 is 9.13 Å². The van der Waals surface area contributed by atoms with Gasteiger partial charge in [0, 0.05) is 6.54 Å². The van der Waals surface area contributed by atoms with Crippen LogP contribution in [0, 0.1) is 5.82 Å². The van der Waals surface area contributed by atoms with Gasteiger partial charge in [0.05, 0.1) is 12.3 Å². The van der Waals surface area contributed by atoms with Gasteiger partial charge in [-0.05, 0) is 26.0 Å². The summed E-state index contributed by atoms with van der Waals surface area (Å²) in [5, 5.41) is 0. The highest BCUT2D eigenvalue weighted by Crippen LogP contribution is 2.26. The normalized spacial score (nSPS) is 10.3. The van der Waals surface area contributed by atoms with Crippen LogP contribution in [0.4, 0.5) is 22.0 Å². The fraction of sp³-hybridized carbons (Fsp3) is 0.308. The summed E-state index contributed by atoms with van der Waals surface area (Å²) in [7, 11) is 0. The number of nitrogens with two attached hydrogens (primary N) is 1. The van der Waals surface area contributed by atoms with E-state index in [1.807, 2.05) is 13.8 Å². The average molecular weight is 292 g/mol. The van der Waals surface area contributed by atoms with Crippen LogP contribution in [-0.2, 0) is 0 Å². The van der Waals surface area contributed by atoms with E-state index in [1.165, 1.54) is 6.07 Å². The molecule has 0 amide bonds. The average Bonchev–Trinajstić information content (AvgIpc) is 2.50. The van der Waals surface area contributed by atoms with Crippen molar-refractivity contribution in [2.45, 2.75) is 13.8 Å². The summed E-state index contributed by atoms with van der Waals surface area (Å²) >= 11 is 0. The molecule has 0 atom stereocenters. The van der Waals surface area contributed by atoms with Gasteiger partial charge < -0.3 is 9.64 Å². The maximum Gasteiger partial charge on any atom is 0.323 e. The van der Waals surface area contributed by atoms with Gasteiger partial charge in [0.2, 0.25) is 11.9 Å². The molecular weight excluding hydrogens is 275 g/mol. The van der Waals surface area contributed by atoms with Crippen molar-refractivity contribution in [2.24, 2.45) is 5.84 Å². The largest absolute Gasteiger partial charge is 0.464 e. The smallest absolute Gasteiger partial charge is 0.323 e. The molecule has 21 heavy (non-hydrogen) atoms. The molecule has 1 aromatic carbocycles. The van der Waals surface area contributed by atoms with E-state index in [9.17, 15) is 4.39 Å². The summed E-state index contributed by atoms with van der Waals surface area (Å²) in [5.74, 6) is 5.39. The zero-order chi connectivity index (χ0) is 15.2. The zero-order valence-corrected chi connectivity index (χ0v) is 11.9. The summed E-state index contributed by atoms with van der Waals surface area (Å²) < 4.78 is 19.2. The molecule has 0 saturated heterocycles. The molecule has 0 spiro atoms. The Hall–Kier alpha value is -2.48. The molecular formula is C13H17FN6O. The molecule has 8 heteroatoms. The van der Waals surface area contributed by atoms with E-state index in [1.54, 1.807) is 23.1 Å². The third-order valence-electron chi connectivity index (χ3n) is 2.71. The lowest BCUT2D eigenvalue weighted by Crippen LogP contribution is -2.22. The number of aromatic nitrogens is 3. The van der Waals surface area contributed by atoms with Crippen LogP contribution >= 0.6 is 0 Å². The van der Waals surface area contributed by atoms with Crippen LogP contribution in [0.1, 0.15) is 13.8 Å². The lowest BCUT2D eigenvalue weighted by molar-refractivity contribution is 0.312. The van der Waals surface area contributed by atoms with Gasteiger partial charge in [0.1, 0.15) is 5.82 Å². The second kappa shape index (κ2) is 6.80. The van der Waals surface area contributed by atoms with Crippen LogP contribution in [0.15, 0.2) is 24.3 Å². The van der Waals surface area contributed by atoms with Gasteiger partial charge in [-0.15, -0.1) is 0 Å². The third-order valence-corrected chi connectivity index (χ3v) is 2.71. The van der Waals surface area contributed by atoms with Crippen molar-refractivity contribution >= 4 is 17.6 Å². The summed E-state index contributed by atoms with van der Waals surface area (Å²) in [6.45, 7) is 4.55. The van der Waals surface area contributed by atoms with Crippen molar-refractivity contribution in [1.29, 1.82) is 0 Å². The minimum absolute atomic E-state index is 0.130. The highest BCUT2D eigenvalue weighted by Gasteiger charge is 2.17. The summed E-state index contributed by atoms with van der Waals surface area (Å²) in [5.41, 5.74) is 2.72. The molecule has 1 heterocycles. The Morgan fingerprint density at radius 2 is 2.00 bits per heavy atom. The highest BCUT2D eigenvalue weighted by atomic mass is 19.1. The molecule has 3 N–H and O–H groups in total. The number of para-hydroxylation sites is 1. The zero-order valence-electron chi connectivity index (χ0n) is 11.9. The number of benzene rings is 1. The second-order valence-corrected chi connectivity index (χ2v) is 4.01. The predicted octanol–water partition coefficient (Wildman–Crippen LogP) is 1.85. The number of hydrogen-bond donors (Lipinski definition) is 2. The van der Waals surface area contributed by atoms with Crippen LogP contribution in [0.2, 0.25) is 0 Å². The van der Waals surface area contributed by atoms with E-state index in [0.29, 0.717) is 18.8 Å². The quantitative estimate of drug-likeness (QED) is 0.620. The number of ether oxygens (including phenoxy) is 1. The predicted molar refractivity (Wildman–Crippen MR) is 77.9 cm³/mol. The molecule has 2 aromatic rings. The molecule has 0 bridgehead atoms. The minimum atomic E-state index is -0.361. The van der Waals surface area contributed by atoms with E-state index in [-0.39, 0.29) is 23.7 Å². The Bertz CT molecular complexity index is 609. The standard InChI is InChI=1S/C13H17FN6O/c1-3-20(10-8-6-5-7-9(10)14)12-16-11(19-15)17-13(18-12)21-4-2/h5-8H,3-4,15H2,1-2H3,(H,16,17,18,19). The van der Waals surface area contributed by atoms with Gasteiger partial charge in [-0.25, -0.2) is 10.2 Å². The summed E-state index contributed by atoms with van der Waals surface area (Å²) in [6, 6.07) is 6.53. The van der Waals surface area contributed by atoms with Crippen molar-refractivity contribution in [3.8, 4) is 6.01 Å². The van der Waals surface area contributed by atoms with Crippen molar-refractivity contribution in [3.63, 3.8) is 0 Å².